The van der Waals surface area contributed by atoms with Crippen LogP contribution >= 0.6 is 0 Å². The lowest BCUT2D eigenvalue weighted by Gasteiger charge is -2.21. The summed E-state index contributed by atoms with van der Waals surface area (Å²) in [5.74, 6) is 0.164. The molecule has 0 aliphatic rings. The van der Waals surface area contributed by atoms with Crippen LogP contribution in [0.25, 0.3) is 0 Å². The van der Waals surface area contributed by atoms with Crippen molar-refractivity contribution >= 4 is 15.5 Å². The number of nitrogens with one attached hydrogen (secondary N) is 1. The zero-order valence-electron chi connectivity index (χ0n) is 11.2. The fourth-order valence-corrected chi connectivity index (χ4v) is 3.10. The number of sulfone groups is 1. The number of para-hydroxylation sites is 1. The van der Waals surface area contributed by atoms with Crippen LogP contribution in [-0.4, -0.2) is 26.3 Å². The molecular weight excluding hydrogens is 248 g/mol. The van der Waals surface area contributed by atoms with Gasteiger partial charge in [-0.15, -0.1) is 0 Å². The molecule has 1 rings (SSSR count). The van der Waals surface area contributed by atoms with E-state index in [-0.39, 0.29) is 11.3 Å². The van der Waals surface area contributed by atoms with Gasteiger partial charge in [0.1, 0.15) is 0 Å². The predicted octanol–water partition coefficient (Wildman–Crippen LogP) is 2.02. The Kier molecular flexibility index (Phi) is 4.76. The Bertz CT molecular complexity index is 490. The lowest BCUT2D eigenvalue weighted by molar-refractivity contribution is 0.548. The SMILES string of the molecule is CCCS(=O)(=O)c1ccccc1NCC(C)(C)N. The van der Waals surface area contributed by atoms with Crippen molar-refractivity contribution in [2.45, 2.75) is 37.6 Å². The highest BCUT2D eigenvalue weighted by molar-refractivity contribution is 7.91. The van der Waals surface area contributed by atoms with E-state index in [4.69, 9.17) is 5.73 Å². The second-order valence-electron chi connectivity index (χ2n) is 5.16. The summed E-state index contributed by atoms with van der Waals surface area (Å²) in [5, 5.41) is 3.11. The lowest BCUT2D eigenvalue weighted by atomic mass is 10.1. The van der Waals surface area contributed by atoms with Crippen molar-refractivity contribution in [3.8, 4) is 0 Å². The van der Waals surface area contributed by atoms with Gasteiger partial charge in [0.2, 0.25) is 0 Å². The molecule has 0 fully saturated rings. The van der Waals surface area contributed by atoms with Crippen molar-refractivity contribution < 1.29 is 8.42 Å². The van der Waals surface area contributed by atoms with Gasteiger partial charge in [-0.3, -0.25) is 0 Å². The normalized spacial score (nSPS) is 12.4. The van der Waals surface area contributed by atoms with Crippen molar-refractivity contribution in [2.75, 3.05) is 17.6 Å². The van der Waals surface area contributed by atoms with Gasteiger partial charge < -0.3 is 11.1 Å². The molecule has 3 N–H and O–H groups in total. The first-order valence-electron chi connectivity index (χ1n) is 6.11. The molecule has 0 radical (unpaired) electrons. The molecule has 5 heteroatoms. The molecule has 4 nitrogen and oxygen atoms in total. The Morgan fingerprint density at radius 3 is 2.44 bits per heavy atom. The summed E-state index contributed by atoms with van der Waals surface area (Å²) < 4.78 is 24.2. The molecule has 0 spiro atoms. The van der Waals surface area contributed by atoms with Crippen LogP contribution in [0.3, 0.4) is 0 Å². The number of anilines is 1. The van der Waals surface area contributed by atoms with E-state index in [1.54, 1.807) is 18.2 Å². The predicted molar refractivity (Wildman–Crippen MR) is 75.5 cm³/mol. The zero-order chi connectivity index (χ0) is 13.8. The fraction of sp³-hybridized carbons (Fsp3) is 0.538. The van der Waals surface area contributed by atoms with Gasteiger partial charge in [-0.25, -0.2) is 8.42 Å². The molecule has 18 heavy (non-hydrogen) atoms. The molecule has 0 amide bonds. The molecule has 1 aromatic rings. The first kappa shape index (κ1) is 15.0. The Balaban J connectivity index is 3.00. The second kappa shape index (κ2) is 5.71. The first-order chi connectivity index (χ1) is 8.26. The Morgan fingerprint density at radius 1 is 1.28 bits per heavy atom. The third-order valence-corrected chi connectivity index (χ3v) is 4.40. The van der Waals surface area contributed by atoms with Crippen LogP contribution in [0.2, 0.25) is 0 Å². The Labute approximate surface area is 110 Å². The van der Waals surface area contributed by atoms with E-state index in [9.17, 15) is 8.42 Å². The molecule has 0 aliphatic carbocycles. The van der Waals surface area contributed by atoms with Crippen LogP contribution in [0.5, 0.6) is 0 Å². The molecule has 1 aromatic carbocycles. The molecular formula is C13H22N2O2S. The van der Waals surface area contributed by atoms with E-state index in [1.807, 2.05) is 26.8 Å². The zero-order valence-corrected chi connectivity index (χ0v) is 12.0. The van der Waals surface area contributed by atoms with E-state index >= 15 is 0 Å². The van der Waals surface area contributed by atoms with E-state index in [1.165, 1.54) is 0 Å². The summed E-state index contributed by atoms with van der Waals surface area (Å²) in [5.41, 5.74) is 6.13. The summed E-state index contributed by atoms with van der Waals surface area (Å²) in [6.07, 6.45) is 0.610. The van der Waals surface area contributed by atoms with Gasteiger partial charge in [-0.1, -0.05) is 19.1 Å². The summed E-state index contributed by atoms with van der Waals surface area (Å²) in [6.45, 7) is 6.16. The third kappa shape index (κ3) is 4.31. The minimum atomic E-state index is -3.21. The lowest BCUT2D eigenvalue weighted by Crippen LogP contribution is -2.39. The van der Waals surface area contributed by atoms with Crippen LogP contribution in [0, 0.1) is 0 Å². The standard InChI is InChI=1S/C13H22N2O2S/c1-4-9-18(16,17)12-8-6-5-7-11(12)15-10-13(2,3)14/h5-8,15H,4,9-10,14H2,1-3H3. The molecule has 0 aromatic heterocycles. The largest absolute Gasteiger partial charge is 0.382 e. The smallest absolute Gasteiger partial charge is 0.180 e. The minimum Gasteiger partial charge on any atom is -0.382 e. The maximum atomic E-state index is 12.1. The molecule has 102 valence electrons. The van der Waals surface area contributed by atoms with Crippen molar-refractivity contribution in [3.63, 3.8) is 0 Å². The Hall–Kier alpha value is -1.07. The number of nitrogens with two attached hydrogens (primary N) is 1. The molecule has 0 bridgehead atoms. The average molecular weight is 270 g/mol. The second-order valence-corrected chi connectivity index (χ2v) is 7.23. The minimum absolute atomic E-state index is 0.164. The van der Waals surface area contributed by atoms with Gasteiger partial charge in [0.15, 0.2) is 9.84 Å². The third-order valence-electron chi connectivity index (χ3n) is 2.43. The van der Waals surface area contributed by atoms with Crippen LogP contribution in [0.4, 0.5) is 5.69 Å². The average Bonchev–Trinajstić information content (AvgIpc) is 2.26. The maximum Gasteiger partial charge on any atom is 0.180 e. The van der Waals surface area contributed by atoms with Crippen LogP contribution in [0.1, 0.15) is 27.2 Å². The number of benzene rings is 1. The van der Waals surface area contributed by atoms with Crippen LogP contribution in [0.15, 0.2) is 29.2 Å². The van der Waals surface area contributed by atoms with Gasteiger partial charge in [-0.2, -0.15) is 0 Å². The quantitative estimate of drug-likeness (QED) is 0.829. The first-order valence-corrected chi connectivity index (χ1v) is 7.76. The van der Waals surface area contributed by atoms with Crippen molar-refractivity contribution in [1.82, 2.24) is 0 Å². The van der Waals surface area contributed by atoms with Crippen LogP contribution < -0.4 is 11.1 Å². The summed E-state index contributed by atoms with van der Waals surface area (Å²) in [6, 6.07) is 6.96. The van der Waals surface area contributed by atoms with Crippen molar-refractivity contribution in [3.05, 3.63) is 24.3 Å². The number of hydrogen-bond acceptors (Lipinski definition) is 4. The van der Waals surface area contributed by atoms with Gasteiger partial charge in [0.05, 0.1) is 16.3 Å². The van der Waals surface area contributed by atoms with E-state index in [0.717, 1.165) is 0 Å². The molecule has 0 atom stereocenters. The van der Waals surface area contributed by atoms with E-state index in [0.29, 0.717) is 23.5 Å². The summed E-state index contributed by atoms with van der Waals surface area (Å²) in [4.78, 5) is 0.358. The highest BCUT2D eigenvalue weighted by Crippen LogP contribution is 2.22. The topological polar surface area (TPSA) is 72.2 Å². The highest BCUT2D eigenvalue weighted by Gasteiger charge is 2.18. The van der Waals surface area contributed by atoms with Gasteiger partial charge in [0.25, 0.3) is 0 Å². The molecule has 0 saturated carbocycles. The van der Waals surface area contributed by atoms with Gasteiger partial charge in [0, 0.05) is 12.1 Å². The van der Waals surface area contributed by atoms with E-state index in [2.05, 4.69) is 5.32 Å². The van der Waals surface area contributed by atoms with E-state index < -0.39 is 9.84 Å². The monoisotopic (exact) mass is 270 g/mol. The highest BCUT2D eigenvalue weighted by atomic mass is 32.2. The van der Waals surface area contributed by atoms with Crippen molar-refractivity contribution in [1.29, 1.82) is 0 Å². The van der Waals surface area contributed by atoms with Gasteiger partial charge in [-0.05, 0) is 32.4 Å². The summed E-state index contributed by atoms with van der Waals surface area (Å²) >= 11 is 0. The maximum absolute atomic E-state index is 12.1. The molecule has 0 heterocycles. The molecule has 0 aliphatic heterocycles. The van der Waals surface area contributed by atoms with Crippen molar-refractivity contribution in [2.24, 2.45) is 5.73 Å². The summed E-state index contributed by atoms with van der Waals surface area (Å²) in [7, 11) is -3.21. The number of hydrogen-bond donors (Lipinski definition) is 2. The van der Waals surface area contributed by atoms with Crippen LogP contribution in [-0.2, 0) is 9.84 Å². The number of rotatable bonds is 6. The fourth-order valence-electron chi connectivity index (χ4n) is 1.59. The van der Waals surface area contributed by atoms with Gasteiger partial charge >= 0.3 is 0 Å². The Morgan fingerprint density at radius 2 is 1.89 bits per heavy atom. The molecule has 0 unspecified atom stereocenters. The molecule has 0 saturated heterocycles.